The Morgan fingerprint density at radius 2 is 1.84 bits per heavy atom. The second-order valence-electron chi connectivity index (χ2n) is 7.15. The maximum Gasteiger partial charge on any atom is 0.0397 e. The van der Waals surface area contributed by atoms with Crippen LogP contribution in [0.5, 0.6) is 0 Å². The van der Waals surface area contributed by atoms with E-state index in [2.05, 4.69) is 70.2 Å². The van der Waals surface area contributed by atoms with Gasteiger partial charge in [0.25, 0.3) is 0 Å². The van der Waals surface area contributed by atoms with Gasteiger partial charge in [-0.1, -0.05) is 39.0 Å². The van der Waals surface area contributed by atoms with E-state index in [0.29, 0.717) is 6.04 Å². The minimum atomic E-state index is 0.231. The van der Waals surface area contributed by atoms with Gasteiger partial charge in [0.1, 0.15) is 0 Å². The van der Waals surface area contributed by atoms with E-state index in [9.17, 15) is 0 Å². The van der Waals surface area contributed by atoms with E-state index in [4.69, 9.17) is 0 Å². The van der Waals surface area contributed by atoms with Crippen molar-refractivity contribution < 1.29 is 0 Å². The van der Waals surface area contributed by atoms with Crippen molar-refractivity contribution in [2.75, 3.05) is 27.2 Å². The topological polar surface area (TPSA) is 15.3 Å². The minimum absolute atomic E-state index is 0.231. The molecule has 1 aromatic carbocycles. The first kappa shape index (κ1) is 14.5. The van der Waals surface area contributed by atoms with Gasteiger partial charge in [-0.25, -0.2) is 0 Å². The van der Waals surface area contributed by atoms with Crippen molar-refractivity contribution in [3.63, 3.8) is 0 Å². The highest BCUT2D eigenvalue weighted by Gasteiger charge is 2.31. The van der Waals surface area contributed by atoms with Crippen LogP contribution < -0.4 is 5.32 Å². The fourth-order valence-electron chi connectivity index (χ4n) is 2.96. The number of benzene rings is 1. The lowest BCUT2D eigenvalue weighted by atomic mass is 9.81. The zero-order valence-electron chi connectivity index (χ0n) is 13.2. The van der Waals surface area contributed by atoms with Crippen molar-refractivity contribution in [2.24, 2.45) is 5.92 Å². The summed E-state index contributed by atoms with van der Waals surface area (Å²) in [4.78, 5) is 2.37. The van der Waals surface area contributed by atoms with Crippen LogP contribution in [-0.2, 0) is 5.41 Å². The molecule has 0 bridgehead atoms. The SMILES string of the molecule is Cc1cc(C(C)(C)C)ccc1C(C1CNC1)N(C)C. The maximum atomic E-state index is 3.39. The fraction of sp³-hybridized carbons (Fsp3) is 0.647. The summed E-state index contributed by atoms with van der Waals surface area (Å²) in [7, 11) is 4.39. The zero-order chi connectivity index (χ0) is 14.2. The number of nitrogens with zero attached hydrogens (tertiary/aromatic N) is 1. The van der Waals surface area contributed by atoms with E-state index in [1.165, 1.54) is 16.7 Å². The lowest BCUT2D eigenvalue weighted by Crippen LogP contribution is -2.48. The second-order valence-corrected chi connectivity index (χ2v) is 7.15. The molecule has 2 rings (SSSR count). The summed E-state index contributed by atoms with van der Waals surface area (Å²) in [6.07, 6.45) is 0. The summed E-state index contributed by atoms with van der Waals surface area (Å²) >= 11 is 0. The lowest BCUT2D eigenvalue weighted by molar-refractivity contribution is 0.160. The molecule has 1 unspecified atom stereocenters. The van der Waals surface area contributed by atoms with E-state index in [0.717, 1.165) is 19.0 Å². The van der Waals surface area contributed by atoms with Crippen molar-refractivity contribution >= 4 is 0 Å². The molecule has 1 aromatic rings. The molecule has 1 saturated heterocycles. The van der Waals surface area contributed by atoms with E-state index >= 15 is 0 Å². The predicted molar refractivity (Wildman–Crippen MR) is 82.7 cm³/mol. The molecule has 2 nitrogen and oxygen atoms in total. The Bertz CT molecular complexity index is 439. The van der Waals surface area contributed by atoms with Crippen molar-refractivity contribution in [1.82, 2.24) is 10.2 Å². The van der Waals surface area contributed by atoms with Gasteiger partial charge in [-0.15, -0.1) is 0 Å². The van der Waals surface area contributed by atoms with Crippen LogP contribution in [0.1, 0.15) is 43.5 Å². The number of hydrogen-bond acceptors (Lipinski definition) is 2. The highest BCUT2D eigenvalue weighted by Crippen LogP contribution is 2.33. The van der Waals surface area contributed by atoms with Gasteiger partial charge in [0.2, 0.25) is 0 Å². The molecule has 0 spiro atoms. The predicted octanol–water partition coefficient (Wildman–Crippen LogP) is 3.11. The average Bonchev–Trinajstić information content (AvgIpc) is 2.22. The molecule has 0 amide bonds. The summed E-state index contributed by atoms with van der Waals surface area (Å²) in [5, 5.41) is 3.39. The molecule has 19 heavy (non-hydrogen) atoms. The van der Waals surface area contributed by atoms with Gasteiger partial charge in [-0.05, 0) is 43.1 Å². The Labute approximate surface area is 118 Å². The van der Waals surface area contributed by atoms with E-state index < -0.39 is 0 Å². The van der Waals surface area contributed by atoms with Gasteiger partial charge in [0, 0.05) is 25.0 Å². The molecule has 1 heterocycles. The highest BCUT2D eigenvalue weighted by molar-refractivity contribution is 5.37. The summed E-state index contributed by atoms with van der Waals surface area (Å²) in [6.45, 7) is 11.4. The minimum Gasteiger partial charge on any atom is -0.316 e. The normalized spacial score (nSPS) is 18.5. The number of hydrogen-bond donors (Lipinski definition) is 1. The summed E-state index contributed by atoms with van der Waals surface area (Å²) in [5.74, 6) is 0.745. The molecule has 1 N–H and O–H groups in total. The van der Waals surface area contributed by atoms with Crippen molar-refractivity contribution in [3.8, 4) is 0 Å². The van der Waals surface area contributed by atoms with Gasteiger partial charge in [0.05, 0.1) is 0 Å². The van der Waals surface area contributed by atoms with E-state index in [1.54, 1.807) is 0 Å². The zero-order valence-corrected chi connectivity index (χ0v) is 13.2. The van der Waals surface area contributed by atoms with Crippen LogP contribution in [0.2, 0.25) is 0 Å². The first-order valence-electron chi connectivity index (χ1n) is 7.29. The molecule has 106 valence electrons. The first-order valence-corrected chi connectivity index (χ1v) is 7.29. The first-order chi connectivity index (χ1) is 8.80. The highest BCUT2D eigenvalue weighted by atomic mass is 15.1. The standard InChI is InChI=1S/C17H28N2/c1-12-9-14(17(2,3)4)7-8-15(12)16(19(5)6)13-10-18-11-13/h7-9,13,16,18H,10-11H2,1-6H3. The molecular weight excluding hydrogens is 232 g/mol. The molecule has 0 aliphatic carbocycles. The third-order valence-corrected chi connectivity index (χ3v) is 4.27. The molecule has 2 heteroatoms. The average molecular weight is 260 g/mol. The van der Waals surface area contributed by atoms with Crippen LogP contribution in [0, 0.1) is 12.8 Å². The van der Waals surface area contributed by atoms with Crippen LogP contribution in [0.3, 0.4) is 0 Å². The Hall–Kier alpha value is -0.860. The van der Waals surface area contributed by atoms with Crippen molar-refractivity contribution in [2.45, 2.75) is 39.2 Å². The van der Waals surface area contributed by atoms with E-state index in [1.807, 2.05) is 0 Å². The maximum absolute atomic E-state index is 3.39. The third-order valence-electron chi connectivity index (χ3n) is 4.27. The molecule has 1 aliphatic rings. The van der Waals surface area contributed by atoms with Crippen LogP contribution >= 0.6 is 0 Å². The molecule has 0 radical (unpaired) electrons. The van der Waals surface area contributed by atoms with Gasteiger partial charge in [0.15, 0.2) is 0 Å². The Balaban J connectivity index is 2.33. The van der Waals surface area contributed by atoms with Crippen LogP contribution in [0.25, 0.3) is 0 Å². The fourth-order valence-corrected chi connectivity index (χ4v) is 2.96. The number of rotatable bonds is 3. The summed E-state index contributed by atoms with van der Waals surface area (Å²) in [5.41, 5.74) is 4.58. The largest absolute Gasteiger partial charge is 0.316 e. The third kappa shape index (κ3) is 3.01. The van der Waals surface area contributed by atoms with Crippen LogP contribution in [-0.4, -0.2) is 32.1 Å². The smallest absolute Gasteiger partial charge is 0.0397 e. The van der Waals surface area contributed by atoms with Gasteiger partial charge >= 0.3 is 0 Å². The monoisotopic (exact) mass is 260 g/mol. The van der Waals surface area contributed by atoms with Gasteiger partial charge < -0.3 is 10.2 Å². The molecule has 1 aliphatic heterocycles. The molecule has 1 fully saturated rings. The number of aryl methyl sites for hydroxylation is 1. The second kappa shape index (κ2) is 5.26. The van der Waals surface area contributed by atoms with Crippen molar-refractivity contribution in [1.29, 1.82) is 0 Å². The summed E-state index contributed by atoms with van der Waals surface area (Å²) in [6, 6.07) is 7.57. The lowest BCUT2D eigenvalue weighted by Gasteiger charge is -2.39. The number of nitrogens with one attached hydrogen (secondary N) is 1. The Morgan fingerprint density at radius 3 is 2.21 bits per heavy atom. The molecule has 0 saturated carbocycles. The van der Waals surface area contributed by atoms with Crippen LogP contribution in [0.15, 0.2) is 18.2 Å². The molecular formula is C17H28N2. The van der Waals surface area contributed by atoms with E-state index in [-0.39, 0.29) is 5.41 Å². The Morgan fingerprint density at radius 1 is 1.21 bits per heavy atom. The van der Waals surface area contributed by atoms with Crippen molar-refractivity contribution in [3.05, 3.63) is 34.9 Å². The quantitative estimate of drug-likeness (QED) is 0.898. The molecule has 1 atom stereocenters. The molecule has 0 aromatic heterocycles. The van der Waals surface area contributed by atoms with Gasteiger partial charge in [-0.3, -0.25) is 0 Å². The summed E-state index contributed by atoms with van der Waals surface area (Å²) < 4.78 is 0. The van der Waals surface area contributed by atoms with Gasteiger partial charge in [-0.2, -0.15) is 0 Å². The Kier molecular flexibility index (Phi) is 4.03. The van der Waals surface area contributed by atoms with Crippen LogP contribution in [0.4, 0.5) is 0 Å².